The molecule has 1 saturated carbocycles. The highest BCUT2D eigenvalue weighted by Gasteiger charge is 2.27. The van der Waals surface area contributed by atoms with Crippen LogP contribution in [0.15, 0.2) is 24.3 Å². The van der Waals surface area contributed by atoms with Crippen molar-refractivity contribution in [3.63, 3.8) is 0 Å². The van der Waals surface area contributed by atoms with Crippen LogP contribution in [0.4, 0.5) is 0 Å². The predicted molar refractivity (Wildman–Crippen MR) is 76.1 cm³/mol. The third-order valence-electron chi connectivity index (χ3n) is 4.05. The number of hydrogen-bond acceptors (Lipinski definition) is 1. The van der Waals surface area contributed by atoms with Crippen molar-refractivity contribution < 1.29 is 4.79 Å². The van der Waals surface area contributed by atoms with E-state index in [-0.39, 0.29) is 11.7 Å². The molecule has 0 unspecified atom stereocenters. The minimum absolute atomic E-state index is 0.193. The van der Waals surface area contributed by atoms with Crippen LogP contribution in [0, 0.1) is 11.8 Å². The summed E-state index contributed by atoms with van der Waals surface area (Å²) in [6, 6.07) is 7.42. The summed E-state index contributed by atoms with van der Waals surface area (Å²) in [5, 5.41) is 0.596. The third-order valence-corrected chi connectivity index (χ3v) is 4.38. The smallest absolute Gasteiger partial charge is 0.167 e. The average Bonchev–Trinajstić information content (AvgIpc) is 2.40. The molecule has 0 atom stereocenters. The van der Waals surface area contributed by atoms with Gasteiger partial charge in [0.2, 0.25) is 0 Å². The predicted octanol–water partition coefficient (Wildman–Crippen LogP) is 5.13. The van der Waals surface area contributed by atoms with E-state index < -0.39 is 0 Å². The van der Waals surface area contributed by atoms with E-state index in [4.69, 9.17) is 11.6 Å². The van der Waals surface area contributed by atoms with Gasteiger partial charge in [0.15, 0.2) is 5.78 Å². The Bertz CT molecular complexity index is 405. The molecule has 2 rings (SSSR count). The number of benzene rings is 1. The Balaban J connectivity index is 1.98. The maximum absolute atomic E-state index is 12.4. The molecule has 98 valence electrons. The molecular weight excluding hydrogens is 244 g/mol. The summed E-state index contributed by atoms with van der Waals surface area (Å²) in [6.07, 6.45) is 7.05. The molecule has 1 aliphatic carbocycles. The van der Waals surface area contributed by atoms with Gasteiger partial charge >= 0.3 is 0 Å². The Labute approximate surface area is 115 Å². The molecule has 0 amide bonds. The fraction of sp³-hybridized carbons (Fsp3) is 0.562. The van der Waals surface area contributed by atoms with Gasteiger partial charge in [-0.3, -0.25) is 4.79 Å². The second-order valence-electron chi connectivity index (χ2n) is 5.35. The molecule has 0 bridgehead atoms. The van der Waals surface area contributed by atoms with Gasteiger partial charge in [0.1, 0.15) is 0 Å². The number of ketones is 1. The Morgan fingerprint density at radius 1 is 1.22 bits per heavy atom. The fourth-order valence-electron chi connectivity index (χ4n) is 3.00. The van der Waals surface area contributed by atoms with E-state index in [1.807, 2.05) is 18.2 Å². The molecule has 1 nitrogen and oxygen atoms in total. The molecule has 0 N–H and O–H groups in total. The normalized spacial score (nSPS) is 23.9. The van der Waals surface area contributed by atoms with Crippen molar-refractivity contribution >= 4 is 17.4 Å². The van der Waals surface area contributed by atoms with Gasteiger partial charge in [0, 0.05) is 11.5 Å². The second-order valence-corrected chi connectivity index (χ2v) is 5.76. The molecule has 0 spiro atoms. The summed E-state index contributed by atoms with van der Waals surface area (Å²) < 4.78 is 0. The second kappa shape index (κ2) is 6.38. The van der Waals surface area contributed by atoms with Gasteiger partial charge in [0.25, 0.3) is 0 Å². The van der Waals surface area contributed by atoms with Crippen molar-refractivity contribution in [3.8, 4) is 0 Å². The number of carbonyl (C=O) groups excluding carboxylic acids is 1. The Kier molecular flexibility index (Phi) is 4.82. The first-order valence-electron chi connectivity index (χ1n) is 7.01. The molecule has 2 heteroatoms. The van der Waals surface area contributed by atoms with Crippen LogP contribution in [-0.4, -0.2) is 5.78 Å². The lowest BCUT2D eigenvalue weighted by molar-refractivity contribution is 0.0870. The number of Topliss-reactive ketones (excluding diaryl/α,β-unsaturated/α-hetero) is 1. The molecule has 0 saturated heterocycles. The minimum Gasteiger partial charge on any atom is -0.294 e. The monoisotopic (exact) mass is 264 g/mol. The topological polar surface area (TPSA) is 17.1 Å². The maximum Gasteiger partial charge on any atom is 0.167 e. The van der Waals surface area contributed by atoms with Gasteiger partial charge in [-0.25, -0.2) is 0 Å². The molecule has 1 aromatic rings. The van der Waals surface area contributed by atoms with Crippen molar-refractivity contribution in [1.29, 1.82) is 0 Å². The number of halogens is 1. The van der Waals surface area contributed by atoms with Crippen molar-refractivity contribution in [2.75, 3.05) is 0 Å². The first kappa shape index (κ1) is 13.6. The van der Waals surface area contributed by atoms with Crippen LogP contribution >= 0.6 is 11.6 Å². The van der Waals surface area contributed by atoms with E-state index in [1.54, 1.807) is 6.07 Å². The highest BCUT2D eigenvalue weighted by Crippen LogP contribution is 2.34. The lowest BCUT2D eigenvalue weighted by Gasteiger charge is -2.27. The molecule has 1 fully saturated rings. The summed E-state index contributed by atoms with van der Waals surface area (Å²) in [6.45, 7) is 2.24. The summed E-state index contributed by atoms with van der Waals surface area (Å²) in [4.78, 5) is 12.4. The molecule has 0 aromatic heterocycles. The number of carbonyl (C=O) groups is 1. The van der Waals surface area contributed by atoms with E-state index in [0.29, 0.717) is 10.6 Å². The summed E-state index contributed by atoms with van der Waals surface area (Å²) in [7, 11) is 0. The van der Waals surface area contributed by atoms with Crippen molar-refractivity contribution in [2.45, 2.75) is 45.4 Å². The van der Waals surface area contributed by atoms with Gasteiger partial charge in [-0.15, -0.1) is 0 Å². The Morgan fingerprint density at radius 3 is 2.50 bits per heavy atom. The minimum atomic E-state index is 0.193. The van der Waals surface area contributed by atoms with Crippen LogP contribution in [0.2, 0.25) is 5.02 Å². The largest absolute Gasteiger partial charge is 0.294 e. The van der Waals surface area contributed by atoms with Crippen LogP contribution in [0.25, 0.3) is 0 Å². The SMILES string of the molecule is CCCC1CCC(C(=O)c2ccccc2Cl)CC1. The van der Waals surface area contributed by atoms with Crippen LogP contribution in [0.5, 0.6) is 0 Å². The first-order chi connectivity index (χ1) is 8.72. The molecule has 1 aromatic carbocycles. The van der Waals surface area contributed by atoms with Crippen LogP contribution in [0.3, 0.4) is 0 Å². The third kappa shape index (κ3) is 3.14. The van der Waals surface area contributed by atoms with Gasteiger partial charge in [-0.05, 0) is 43.7 Å². The summed E-state index contributed by atoms with van der Waals surface area (Å²) >= 11 is 6.10. The zero-order valence-electron chi connectivity index (χ0n) is 11.0. The Hall–Kier alpha value is -0.820. The Morgan fingerprint density at radius 2 is 1.89 bits per heavy atom. The van der Waals surface area contributed by atoms with Crippen molar-refractivity contribution in [2.24, 2.45) is 11.8 Å². The fourth-order valence-corrected chi connectivity index (χ4v) is 3.23. The zero-order valence-corrected chi connectivity index (χ0v) is 11.7. The molecule has 0 aliphatic heterocycles. The van der Waals surface area contributed by atoms with E-state index in [0.717, 1.165) is 18.8 Å². The van der Waals surface area contributed by atoms with Crippen LogP contribution in [0.1, 0.15) is 55.8 Å². The van der Waals surface area contributed by atoms with E-state index in [1.165, 1.54) is 25.7 Å². The average molecular weight is 265 g/mol. The lowest BCUT2D eigenvalue weighted by atomic mass is 9.77. The number of rotatable bonds is 4. The zero-order chi connectivity index (χ0) is 13.0. The standard InChI is InChI=1S/C16H21ClO/c1-2-5-12-8-10-13(11-9-12)16(18)14-6-3-4-7-15(14)17/h3-4,6-7,12-13H,2,5,8-11H2,1H3. The lowest BCUT2D eigenvalue weighted by Crippen LogP contribution is -2.22. The highest BCUT2D eigenvalue weighted by atomic mass is 35.5. The molecule has 1 aliphatic rings. The molecular formula is C16H21ClO. The number of hydrogen-bond donors (Lipinski definition) is 0. The van der Waals surface area contributed by atoms with Crippen molar-refractivity contribution in [1.82, 2.24) is 0 Å². The van der Waals surface area contributed by atoms with Gasteiger partial charge in [-0.2, -0.15) is 0 Å². The van der Waals surface area contributed by atoms with Crippen LogP contribution in [-0.2, 0) is 0 Å². The summed E-state index contributed by atoms with van der Waals surface area (Å²) in [5.74, 6) is 1.28. The quantitative estimate of drug-likeness (QED) is 0.689. The van der Waals surface area contributed by atoms with E-state index in [2.05, 4.69) is 6.92 Å². The van der Waals surface area contributed by atoms with Gasteiger partial charge in [0.05, 0.1) is 5.02 Å². The van der Waals surface area contributed by atoms with E-state index >= 15 is 0 Å². The first-order valence-corrected chi connectivity index (χ1v) is 7.39. The molecule has 0 heterocycles. The van der Waals surface area contributed by atoms with Crippen LogP contribution < -0.4 is 0 Å². The van der Waals surface area contributed by atoms with E-state index in [9.17, 15) is 4.79 Å². The molecule has 18 heavy (non-hydrogen) atoms. The summed E-state index contributed by atoms with van der Waals surface area (Å²) in [5.41, 5.74) is 0.707. The maximum atomic E-state index is 12.4. The molecule has 0 radical (unpaired) electrons. The van der Waals surface area contributed by atoms with Crippen molar-refractivity contribution in [3.05, 3.63) is 34.9 Å². The van der Waals surface area contributed by atoms with Gasteiger partial charge in [-0.1, -0.05) is 43.5 Å². The van der Waals surface area contributed by atoms with Gasteiger partial charge < -0.3 is 0 Å². The highest BCUT2D eigenvalue weighted by molar-refractivity contribution is 6.34.